The Morgan fingerprint density at radius 2 is 1.57 bits per heavy atom. The first-order valence-corrected chi connectivity index (χ1v) is 19.3. The number of ether oxygens (including phenoxy) is 1. The van der Waals surface area contributed by atoms with Crippen LogP contribution in [0.4, 0.5) is 0 Å². The monoisotopic (exact) mass is 637 g/mol. The van der Waals surface area contributed by atoms with E-state index in [9.17, 15) is 9.90 Å². The number of carbonyl (C=O) groups excluding carboxylic acids is 1. The SMILES string of the molecule is C=C(C)[C@@H]1CC[C@]2([C@H](O)C#CC[N+](C)(CCC)CCC)CC[C@]3(C)[C@H](CC[C@@H]4[C@@]5(C)CC[C@H](OC(C)=O)C(C)(C)[C@@H]5CC[C@]43C)[C@@H]12. The Bertz CT molecular complexity index is 1220. The number of nitrogens with zero attached hydrogens (tertiary/aromatic N) is 1. The van der Waals surface area contributed by atoms with Gasteiger partial charge in [-0.1, -0.05) is 66.5 Å². The van der Waals surface area contributed by atoms with Crippen LogP contribution in [0.15, 0.2) is 12.2 Å². The highest BCUT2D eigenvalue weighted by Crippen LogP contribution is 2.78. The second-order valence-electron chi connectivity index (χ2n) is 18.8. The van der Waals surface area contributed by atoms with Gasteiger partial charge in [0, 0.05) is 17.8 Å². The molecule has 0 saturated heterocycles. The fourth-order valence-corrected chi connectivity index (χ4v) is 13.9. The van der Waals surface area contributed by atoms with Crippen molar-refractivity contribution in [3.8, 4) is 11.8 Å². The third kappa shape index (κ3) is 5.45. The summed E-state index contributed by atoms with van der Waals surface area (Å²) in [7, 11) is 2.34. The summed E-state index contributed by atoms with van der Waals surface area (Å²) in [5.41, 5.74) is 1.94. The molecule has 0 aromatic carbocycles. The first kappa shape index (κ1) is 36.0. The number of aliphatic hydroxyl groups is 1. The smallest absolute Gasteiger partial charge is 0.302 e. The molecule has 11 atom stereocenters. The fraction of sp³-hybridized carbons (Fsp3) is 0.881. The van der Waals surface area contributed by atoms with Gasteiger partial charge in [-0.3, -0.25) is 4.79 Å². The number of hydrogen-bond acceptors (Lipinski definition) is 3. The summed E-state index contributed by atoms with van der Waals surface area (Å²) in [6, 6.07) is 0. The van der Waals surface area contributed by atoms with E-state index in [-0.39, 0.29) is 39.1 Å². The maximum Gasteiger partial charge on any atom is 0.302 e. The minimum Gasteiger partial charge on any atom is -0.462 e. The lowest BCUT2D eigenvalue weighted by Gasteiger charge is -2.73. The van der Waals surface area contributed by atoms with E-state index in [0.29, 0.717) is 29.6 Å². The standard InChI is InChI=1S/C42H70NO3/c1-12-26-43(11,27-13-2)28-14-15-35(45)42-23-18-31(29(3)4)37(42)32-16-17-34-39(8)21-20-36(46-30(5)44)38(6,7)33(39)19-22-41(34,10)40(32,9)24-25-42/h31-37,45H,3,12-13,16-28H2,1-2,4-11H3/q+1/t31-,32+,33-,34+,35+,36-,37+,39-,40+,41+,42+/m0/s1. The summed E-state index contributed by atoms with van der Waals surface area (Å²) in [4.78, 5) is 12.1. The average Bonchev–Trinajstić information content (AvgIpc) is 3.36. The largest absolute Gasteiger partial charge is 0.462 e. The van der Waals surface area contributed by atoms with E-state index in [4.69, 9.17) is 4.74 Å². The lowest BCUT2D eigenvalue weighted by molar-refractivity contribution is -0.902. The van der Waals surface area contributed by atoms with Gasteiger partial charge in [-0.25, -0.2) is 0 Å². The van der Waals surface area contributed by atoms with Crippen molar-refractivity contribution in [3.05, 3.63) is 12.2 Å². The highest BCUT2D eigenvalue weighted by Gasteiger charge is 2.71. The average molecular weight is 637 g/mol. The molecule has 4 nitrogen and oxygen atoms in total. The molecule has 0 aliphatic heterocycles. The van der Waals surface area contributed by atoms with Gasteiger partial charge >= 0.3 is 5.97 Å². The molecule has 0 bridgehead atoms. The van der Waals surface area contributed by atoms with E-state index < -0.39 is 6.10 Å². The molecular weight excluding hydrogens is 566 g/mol. The number of quaternary nitrogens is 1. The molecule has 46 heavy (non-hydrogen) atoms. The first-order chi connectivity index (χ1) is 21.5. The molecule has 5 rings (SSSR count). The quantitative estimate of drug-likeness (QED) is 0.125. The number of aliphatic hydroxyl groups excluding tert-OH is 1. The van der Waals surface area contributed by atoms with Gasteiger partial charge in [0.15, 0.2) is 0 Å². The Morgan fingerprint density at radius 3 is 2.17 bits per heavy atom. The van der Waals surface area contributed by atoms with Gasteiger partial charge in [-0.2, -0.15) is 0 Å². The van der Waals surface area contributed by atoms with Crippen LogP contribution in [0.5, 0.6) is 0 Å². The van der Waals surface area contributed by atoms with Crippen molar-refractivity contribution in [1.29, 1.82) is 0 Å². The molecule has 1 N–H and O–H groups in total. The van der Waals surface area contributed by atoms with E-state index in [0.717, 1.165) is 69.1 Å². The third-order valence-electron chi connectivity index (χ3n) is 16.1. The number of hydrogen-bond donors (Lipinski definition) is 1. The molecule has 260 valence electrons. The molecule has 0 aromatic heterocycles. The van der Waals surface area contributed by atoms with Crippen LogP contribution in [-0.4, -0.2) is 54.4 Å². The van der Waals surface area contributed by atoms with Crippen molar-refractivity contribution < 1.29 is 19.1 Å². The van der Waals surface area contributed by atoms with Gasteiger partial charge in [0.05, 0.1) is 20.1 Å². The second-order valence-corrected chi connectivity index (χ2v) is 18.8. The summed E-state index contributed by atoms with van der Waals surface area (Å²) in [5, 5.41) is 12.2. The molecule has 5 aliphatic carbocycles. The summed E-state index contributed by atoms with van der Waals surface area (Å²) in [6.45, 7) is 28.8. The summed E-state index contributed by atoms with van der Waals surface area (Å²) in [6.07, 6.45) is 13.5. The molecule has 0 amide bonds. The Morgan fingerprint density at radius 1 is 0.891 bits per heavy atom. The zero-order valence-corrected chi connectivity index (χ0v) is 31.6. The predicted octanol–water partition coefficient (Wildman–Crippen LogP) is 9.21. The minimum atomic E-state index is -0.556. The van der Waals surface area contributed by atoms with Crippen LogP contribution in [0.1, 0.15) is 139 Å². The zero-order valence-electron chi connectivity index (χ0n) is 31.6. The summed E-state index contributed by atoms with van der Waals surface area (Å²) < 4.78 is 6.95. The van der Waals surface area contributed by atoms with Crippen LogP contribution in [0.3, 0.4) is 0 Å². The van der Waals surface area contributed by atoms with Gasteiger partial charge < -0.3 is 14.3 Å². The Hall–Kier alpha value is -1.31. The van der Waals surface area contributed by atoms with Gasteiger partial charge in [-0.15, -0.1) is 0 Å². The van der Waals surface area contributed by atoms with Gasteiger partial charge in [0.2, 0.25) is 0 Å². The molecule has 5 fully saturated rings. The van der Waals surface area contributed by atoms with E-state index in [1.54, 1.807) is 6.92 Å². The molecule has 0 aromatic rings. The lowest BCUT2D eigenvalue weighted by atomic mass is 9.32. The molecule has 0 spiro atoms. The molecule has 0 radical (unpaired) electrons. The summed E-state index contributed by atoms with van der Waals surface area (Å²) in [5.74, 6) is 9.71. The molecule has 5 aliphatic rings. The molecule has 0 heterocycles. The van der Waals surface area contributed by atoms with Crippen molar-refractivity contribution in [2.45, 2.75) is 152 Å². The van der Waals surface area contributed by atoms with E-state index >= 15 is 0 Å². The number of rotatable bonds is 8. The van der Waals surface area contributed by atoms with Crippen LogP contribution in [0.25, 0.3) is 0 Å². The highest BCUT2D eigenvalue weighted by atomic mass is 16.5. The number of fused-ring (bicyclic) bond motifs is 7. The maximum absolute atomic E-state index is 12.2. The molecule has 0 unspecified atom stereocenters. The normalized spacial score (nSPS) is 43.5. The Labute approximate surface area is 283 Å². The second kappa shape index (κ2) is 12.5. The van der Waals surface area contributed by atoms with Crippen LogP contribution >= 0.6 is 0 Å². The van der Waals surface area contributed by atoms with Gasteiger partial charge in [-0.05, 0) is 136 Å². The highest BCUT2D eigenvalue weighted by molar-refractivity contribution is 5.66. The zero-order chi connectivity index (χ0) is 33.9. The third-order valence-corrected chi connectivity index (χ3v) is 16.1. The number of esters is 1. The van der Waals surface area contributed by atoms with E-state index in [1.165, 1.54) is 37.7 Å². The Kier molecular flexibility index (Phi) is 9.81. The molecule has 5 saturated carbocycles. The van der Waals surface area contributed by atoms with Gasteiger partial charge in [0.25, 0.3) is 0 Å². The predicted molar refractivity (Wildman–Crippen MR) is 190 cm³/mol. The first-order valence-electron chi connectivity index (χ1n) is 19.3. The van der Waals surface area contributed by atoms with Crippen molar-refractivity contribution in [3.63, 3.8) is 0 Å². The maximum atomic E-state index is 12.2. The topological polar surface area (TPSA) is 46.5 Å². The van der Waals surface area contributed by atoms with Crippen LogP contribution in [0, 0.1) is 68.5 Å². The van der Waals surface area contributed by atoms with Crippen molar-refractivity contribution >= 4 is 5.97 Å². The van der Waals surface area contributed by atoms with Crippen LogP contribution < -0.4 is 0 Å². The molecule has 4 heteroatoms. The van der Waals surface area contributed by atoms with E-state index in [2.05, 4.69) is 80.9 Å². The summed E-state index contributed by atoms with van der Waals surface area (Å²) >= 11 is 0. The van der Waals surface area contributed by atoms with Gasteiger partial charge in [0.1, 0.15) is 18.8 Å². The lowest BCUT2D eigenvalue weighted by Crippen LogP contribution is -2.67. The van der Waals surface area contributed by atoms with Crippen LogP contribution in [0.2, 0.25) is 0 Å². The van der Waals surface area contributed by atoms with E-state index in [1.807, 2.05) is 0 Å². The van der Waals surface area contributed by atoms with Crippen molar-refractivity contribution in [2.24, 2.45) is 56.7 Å². The number of allylic oxidation sites excluding steroid dienone is 1. The Balaban J connectivity index is 1.46. The van der Waals surface area contributed by atoms with Crippen molar-refractivity contribution in [2.75, 3.05) is 26.7 Å². The number of carbonyl (C=O) groups is 1. The fourth-order valence-electron chi connectivity index (χ4n) is 13.9. The van der Waals surface area contributed by atoms with Crippen LogP contribution in [-0.2, 0) is 9.53 Å². The molecular formula is C42H70NO3+. The minimum absolute atomic E-state index is 0.0121. The van der Waals surface area contributed by atoms with Crippen molar-refractivity contribution in [1.82, 2.24) is 0 Å².